The summed E-state index contributed by atoms with van der Waals surface area (Å²) in [7, 11) is 0. The van der Waals surface area contributed by atoms with Gasteiger partial charge in [-0.1, -0.05) is 13.8 Å². The molecule has 0 unspecified atom stereocenters. The first-order valence-electron chi connectivity index (χ1n) is 6.43. The minimum Gasteiger partial charge on any atom is -0.507 e. The predicted molar refractivity (Wildman–Crippen MR) is 73.1 cm³/mol. The molecule has 3 N–H and O–H groups in total. The maximum atomic E-state index is 12.3. The zero-order chi connectivity index (χ0) is 14.4. The zero-order valence-electron chi connectivity index (χ0n) is 11.3. The van der Waals surface area contributed by atoms with Crippen molar-refractivity contribution in [1.82, 2.24) is 4.90 Å². The van der Waals surface area contributed by atoms with E-state index in [1.165, 1.54) is 18.2 Å². The number of carbonyl (C=O) groups excluding carboxylic acids is 2. The first kappa shape index (κ1) is 15.0. The van der Waals surface area contributed by atoms with Crippen molar-refractivity contribution in [2.45, 2.75) is 26.7 Å². The van der Waals surface area contributed by atoms with Gasteiger partial charge in [0, 0.05) is 18.7 Å². The average Bonchev–Trinajstić information content (AvgIpc) is 2.38. The van der Waals surface area contributed by atoms with Crippen LogP contribution < -0.4 is 5.73 Å². The number of aromatic hydroxyl groups is 1. The molecule has 0 aromatic heterocycles. The molecule has 0 aliphatic rings. The van der Waals surface area contributed by atoms with E-state index in [0.717, 1.165) is 12.8 Å². The largest absolute Gasteiger partial charge is 0.507 e. The number of benzene rings is 1. The highest BCUT2D eigenvalue weighted by Gasteiger charge is 2.17. The fourth-order valence-electron chi connectivity index (χ4n) is 1.90. The van der Waals surface area contributed by atoms with Crippen LogP contribution in [0.5, 0.6) is 5.75 Å². The Balaban J connectivity index is 3.04. The number of carbonyl (C=O) groups is 2. The van der Waals surface area contributed by atoms with Gasteiger partial charge in [-0.15, -0.1) is 0 Å². The molecular formula is C14H20N2O3. The average molecular weight is 264 g/mol. The maximum absolute atomic E-state index is 12.3. The number of amides is 2. The van der Waals surface area contributed by atoms with Crippen LogP contribution in [0.4, 0.5) is 0 Å². The van der Waals surface area contributed by atoms with Crippen molar-refractivity contribution in [2.24, 2.45) is 5.73 Å². The third-order valence-electron chi connectivity index (χ3n) is 2.78. The normalized spacial score (nSPS) is 10.2. The molecule has 0 bridgehead atoms. The lowest BCUT2D eigenvalue weighted by Gasteiger charge is -2.21. The van der Waals surface area contributed by atoms with E-state index in [9.17, 15) is 14.7 Å². The van der Waals surface area contributed by atoms with Crippen molar-refractivity contribution in [3.63, 3.8) is 0 Å². The van der Waals surface area contributed by atoms with Gasteiger partial charge in [-0.2, -0.15) is 0 Å². The van der Waals surface area contributed by atoms with Gasteiger partial charge < -0.3 is 15.7 Å². The molecule has 5 nitrogen and oxygen atoms in total. The van der Waals surface area contributed by atoms with Gasteiger partial charge >= 0.3 is 0 Å². The van der Waals surface area contributed by atoms with Crippen LogP contribution in [0, 0.1) is 0 Å². The highest BCUT2D eigenvalue weighted by atomic mass is 16.3. The highest BCUT2D eigenvalue weighted by Crippen LogP contribution is 2.19. The number of nitrogens with zero attached hydrogens (tertiary/aromatic N) is 1. The van der Waals surface area contributed by atoms with E-state index in [1.807, 2.05) is 13.8 Å². The van der Waals surface area contributed by atoms with Gasteiger partial charge in [0.2, 0.25) is 0 Å². The summed E-state index contributed by atoms with van der Waals surface area (Å²) in [4.78, 5) is 25.2. The molecule has 0 radical (unpaired) electrons. The quantitative estimate of drug-likeness (QED) is 0.821. The second-order valence-electron chi connectivity index (χ2n) is 4.39. The molecule has 0 saturated heterocycles. The zero-order valence-corrected chi connectivity index (χ0v) is 11.3. The van der Waals surface area contributed by atoms with E-state index >= 15 is 0 Å². The van der Waals surface area contributed by atoms with Gasteiger partial charge in [0.15, 0.2) is 0 Å². The van der Waals surface area contributed by atoms with Gasteiger partial charge in [-0.25, -0.2) is 0 Å². The molecular weight excluding hydrogens is 244 g/mol. The van der Waals surface area contributed by atoms with Crippen molar-refractivity contribution in [3.8, 4) is 5.75 Å². The van der Waals surface area contributed by atoms with Crippen molar-refractivity contribution in [3.05, 3.63) is 29.3 Å². The fraction of sp³-hybridized carbons (Fsp3) is 0.429. The summed E-state index contributed by atoms with van der Waals surface area (Å²) in [6.07, 6.45) is 1.74. The molecule has 5 heteroatoms. The maximum Gasteiger partial charge on any atom is 0.253 e. The molecule has 104 valence electrons. The lowest BCUT2D eigenvalue weighted by Crippen LogP contribution is -2.32. The Morgan fingerprint density at radius 1 is 1.21 bits per heavy atom. The lowest BCUT2D eigenvalue weighted by atomic mass is 10.1. The smallest absolute Gasteiger partial charge is 0.253 e. The second kappa shape index (κ2) is 6.78. The van der Waals surface area contributed by atoms with Crippen LogP contribution in [-0.2, 0) is 0 Å². The van der Waals surface area contributed by atoms with Crippen LogP contribution in [0.15, 0.2) is 18.2 Å². The number of phenols is 1. The van der Waals surface area contributed by atoms with Crippen LogP contribution in [0.3, 0.4) is 0 Å². The Kier molecular flexibility index (Phi) is 5.36. The summed E-state index contributed by atoms with van der Waals surface area (Å²) in [5.74, 6) is -1.10. The van der Waals surface area contributed by atoms with Crippen LogP contribution in [0.25, 0.3) is 0 Å². The number of rotatable bonds is 6. The Hall–Kier alpha value is -2.04. The Bertz CT molecular complexity index is 466. The Morgan fingerprint density at radius 3 is 2.26 bits per heavy atom. The van der Waals surface area contributed by atoms with E-state index in [2.05, 4.69) is 0 Å². The molecule has 0 fully saturated rings. The molecule has 0 aliphatic carbocycles. The molecule has 0 spiro atoms. The van der Waals surface area contributed by atoms with Gasteiger partial charge in [0.1, 0.15) is 5.75 Å². The molecule has 0 atom stereocenters. The summed E-state index contributed by atoms with van der Waals surface area (Å²) < 4.78 is 0. The van der Waals surface area contributed by atoms with Crippen molar-refractivity contribution < 1.29 is 14.7 Å². The Labute approximate surface area is 113 Å². The first-order chi connectivity index (χ1) is 9.01. The number of hydrogen-bond donors (Lipinski definition) is 2. The number of primary amides is 1. The third-order valence-corrected chi connectivity index (χ3v) is 2.78. The van der Waals surface area contributed by atoms with E-state index < -0.39 is 5.91 Å². The minimum absolute atomic E-state index is 0.0289. The van der Waals surface area contributed by atoms with Crippen LogP contribution in [-0.4, -0.2) is 34.9 Å². The van der Waals surface area contributed by atoms with E-state index in [4.69, 9.17) is 5.73 Å². The molecule has 0 saturated carbocycles. The molecule has 19 heavy (non-hydrogen) atoms. The molecule has 0 heterocycles. The van der Waals surface area contributed by atoms with Crippen LogP contribution in [0.1, 0.15) is 47.4 Å². The summed E-state index contributed by atoms with van der Waals surface area (Å²) in [6, 6.07) is 4.17. The SMILES string of the molecule is CCCN(CCC)C(=O)c1ccc(O)c(C(N)=O)c1. The summed E-state index contributed by atoms with van der Waals surface area (Å²) in [5.41, 5.74) is 5.49. The van der Waals surface area contributed by atoms with Gasteiger partial charge in [-0.05, 0) is 31.0 Å². The Morgan fingerprint density at radius 2 is 1.79 bits per heavy atom. The van der Waals surface area contributed by atoms with Crippen molar-refractivity contribution >= 4 is 11.8 Å². The second-order valence-corrected chi connectivity index (χ2v) is 4.39. The van der Waals surface area contributed by atoms with Crippen molar-refractivity contribution in [1.29, 1.82) is 0 Å². The molecule has 0 aliphatic heterocycles. The molecule has 2 amide bonds. The number of nitrogens with two attached hydrogens (primary N) is 1. The summed E-state index contributed by atoms with van der Waals surface area (Å²) >= 11 is 0. The lowest BCUT2D eigenvalue weighted by molar-refractivity contribution is 0.0755. The fourth-order valence-corrected chi connectivity index (χ4v) is 1.90. The standard InChI is InChI=1S/C14H20N2O3/c1-3-7-16(8-4-2)14(19)10-5-6-12(17)11(9-10)13(15)18/h5-6,9,17H,3-4,7-8H2,1-2H3,(H2,15,18). The van der Waals surface area contributed by atoms with E-state index in [-0.39, 0.29) is 17.2 Å². The monoisotopic (exact) mass is 264 g/mol. The molecule has 1 aromatic rings. The van der Waals surface area contributed by atoms with Gasteiger partial charge in [0.25, 0.3) is 11.8 Å². The van der Waals surface area contributed by atoms with Crippen LogP contribution >= 0.6 is 0 Å². The van der Waals surface area contributed by atoms with Crippen LogP contribution in [0.2, 0.25) is 0 Å². The predicted octanol–water partition coefficient (Wildman–Crippen LogP) is 1.75. The van der Waals surface area contributed by atoms with Gasteiger partial charge in [-0.3, -0.25) is 9.59 Å². The van der Waals surface area contributed by atoms with E-state index in [1.54, 1.807) is 4.90 Å². The minimum atomic E-state index is -0.746. The highest BCUT2D eigenvalue weighted by molar-refractivity contribution is 6.00. The first-order valence-corrected chi connectivity index (χ1v) is 6.43. The topological polar surface area (TPSA) is 83.6 Å². The van der Waals surface area contributed by atoms with E-state index in [0.29, 0.717) is 18.7 Å². The molecule has 1 aromatic carbocycles. The molecule has 1 rings (SSSR count). The summed E-state index contributed by atoms with van der Waals surface area (Å²) in [5, 5.41) is 9.51. The van der Waals surface area contributed by atoms with Gasteiger partial charge in [0.05, 0.1) is 5.56 Å². The summed E-state index contributed by atoms with van der Waals surface area (Å²) in [6.45, 7) is 5.34. The number of hydrogen-bond acceptors (Lipinski definition) is 3. The third kappa shape index (κ3) is 3.71. The van der Waals surface area contributed by atoms with Crippen molar-refractivity contribution in [2.75, 3.05) is 13.1 Å².